The van der Waals surface area contributed by atoms with Gasteiger partial charge in [0.2, 0.25) is 0 Å². The second-order valence-electron chi connectivity index (χ2n) is 6.25. The van der Waals surface area contributed by atoms with Crippen LogP contribution in [0, 0.1) is 0 Å². The molecule has 1 rings (SSSR count). The van der Waals surface area contributed by atoms with E-state index in [9.17, 15) is 15.0 Å². The summed E-state index contributed by atoms with van der Waals surface area (Å²) in [6.07, 6.45) is 12.9. The van der Waals surface area contributed by atoms with Gasteiger partial charge in [-0.2, -0.15) is 0 Å². The van der Waals surface area contributed by atoms with E-state index in [0.29, 0.717) is 6.42 Å². The first-order chi connectivity index (χ1) is 10.6. The van der Waals surface area contributed by atoms with E-state index >= 15 is 0 Å². The summed E-state index contributed by atoms with van der Waals surface area (Å²) in [6, 6.07) is 0. The van der Waals surface area contributed by atoms with Crippen LogP contribution in [0.25, 0.3) is 0 Å². The van der Waals surface area contributed by atoms with E-state index in [0.717, 1.165) is 19.3 Å². The minimum Gasteiger partial charge on any atom is -0.456 e. The van der Waals surface area contributed by atoms with Gasteiger partial charge >= 0.3 is 5.97 Å². The number of rotatable bonds is 12. The minimum atomic E-state index is -0.883. The van der Waals surface area contributed by atoms with E-state index in [1.54, 1.807) is 0 Å². The molecule has 0 spiro atoms. The van der Waals surface area contributed by atoms with Crippen LogP contribution in [-0.4, -0.2) is 34.5 Å². The molecule has 1 aliphatic carbocycles. The van der Waals surface area contributed by atoms with E-state index in [-0.39, 0.29) is 5.97 Å². The number of hydrogen-bond acceptors (Lipinski definition) is 4. The predicted molar refractivity (Wildman–Crippen MR) is 87.5 cm³/mol. The second kappa shape index (κ2) is 11.7. The lowest BCUT2D eigenvalue weighted by Gasteiger charge is -2.19. The van der Waals surface area contributed by atoms with Crippen LogP contribution in [-0.2, 0) is 9.53 Å². The molecule has 0 amide bonds. The van der Waals surface area contributed by atoms with Crippen molar-refractivity contribution >= 4 is 5.97 Å². The van der Waals surface area contributed by atoms with Gasteiger partial charge in [-0.15, -0.1) is 0 Å². The van der Waals surface area contributed by atoms with E-state index in [1.807, 2.05) is 0 Å². The molecule has 0 aliphatic heterocycles. The van der Waals surface area contributed by atoms with Crippen LogP contribution in [0.2, 0.25) is 0 Å². The van der Waals surface area contributed by atoms with E-state index in [2.05, 4.69) is 6.92 Å². The summed E-state index contributed by atoms with van der Waals surface area (Å²) < 4.78 is 5.12. The van der Waals surface area contributed by atoms with E-state index < -0.39 is 18.3 Å². The molecule has 0 bridgehead atoms. The van der Waals surface area contributed by atoms with Crippen molar-refractivity contribution in [2.24, 2.45) is 0 Å². The van der Waals surface area contributed by atoms with Crippen LogP contribution < -0.4 is 0 Å². The summed E-state index contributed by atoms with van der Waals surface area (Å²) in [5, 5.41) is 19.1. The van der Waals surface area contributed by atoms with Gasteiger partial charge in [-0.05, 0) is 6.42 Å². The maximum absolute atomic E-state index is 11.7. The van der Waals surface area contributed by atoms with Gasteiger partial charge in [-0.25, -0.2) is 0 Å². The van der Waals surface area contributed by atoms with Crippen molar-refractivity contribution in [1.29, 1.82) is 0 Å². The molecule has 1 aliphatic rings. The quantitative estimate of drug-likeness (QED) is 0.329. The predicted octanol–water partition coefficient (Wildman–Crippen LogP) is 3.50. The zero-order valence-electron chi connectivity index (χ0n) is 13.9. The Morgan fingerprint density at radius 3 is 1.82 bits per heavy atom. The molecule has 0 heterocycles. The Morgan fingerprint density at radius 2 is 1.32 bits per heavy atom. The normalized spacial score (nSPS) is 21.4. The lowest BCUT2D eigenvalue weighted by molar-refractivity contribution is -0.158. The molecule has 0 fully saturated rings. The van der Waals surface area contributed by atoms with Gasteiger partial charge in [-0.3, -0.25) is 4.79 Å². The lowest BCUT2D eigenvalue weighted by Crippen LogP contribution is -2.35. The van der Waals surface area contributed by atoms with Gasteiger partial charge in [0.15, 0.2) is 6.10 Å². The molecule has 4 heteroatoms. The molecular formula is C18H32O4. The van der Waals surface area contributed by atoms with Crippen molar-refractivity contribution in [3.05, 3.63) is 12.2 Å². The molecule has 0 saturated heterocycles. The van der Waals surface area contributed by atoms with Gasteiger partial charge in [-0.1, -0.05) is 76.9 Å². The van der Waals surface area contributed by atoms with Crippen molar-refractivity contribution in [1.82, 2.24) is 0 Å². The summed E-state index contributed by atoms with van der Waals surface area (Å²) in [6.45, 7) is 2.23. The van der Waals surface area contributed by atoms with Gasteiger partial charge in [0, 0.05) is 6.42 Å². The molecule has 4 nitrogen and oxygen atoms in total. The van der Waals surface area contributed by atoms with Crippen molar-refractivity contribution in [3.63, 3.8) is 0 Å². The Bertz CT molecular complexity index is 315. The van der Waals surface area contributed by atoms with Crippen molar-refractivity contribution in [3.8, 4) is 0 Å². The highest BCUT2D eigenvalue weighted by Crippen LogP contribution is 2.17. The fraction of sp³-hybridized carbons (Fsp3) is 0.833. The summed E-state index contributed by atoms with van der Waals surface area (Å²) >= 11 is 0. The minimum absolute atomic E-state index is 0.327. The molecule has 0 aromatic carbocycles. The standard InChI is InChI=1S/C18H32O4/c1-2-3-4-5-6-7-8-9-10-11-12-17(21)22-18-15(19)13-14-16(18)20/h13-16,18-20H,2-12H2,1H3/t15-,16-/m0/s1. The van der Waals surface area contributed by atoms with Crippen LogP contribution in [0.4, 0.5) is 0 Å². The van der Waals surface area contributed by atoms with Gasteiger partial charge < -0.3 is 14.9 Å². The summed E-state index contributed by atoms with van der Waals surface area (Å²) in [5.41, 5.74) is 0. The molecule has 0 aromatic heterocycles. The molecule has 2 N–H and O–H groups in total. The van der Waals surface area contributed by atoms with Crippen molar-refractivity contribution in [2.75, 3.05) is 0 Å². The molecule has 0 saturated carbocycles. The van der Waals surface area contributed by atoms with Crippen LogP contribution in [0.5, 0.6) is 0 Å². The number of carbonyl (C=O) groups excluding carboxylic acids is 1. The van der Waals surface area contributed by atoms with E-state index in [4.69, 9.17) is 4.74 Å². The van der Waals surface area contributed by atoms with Crippen molar-refractivity contribution < 1.29 is 19.7 Å². The highest BCUT2D eigenvalue weighted by Gasteiger charge is 2.32. The molecule has 0 aromatic rings. The van der Waals surface area contributed by atoms with Crippen LogP contribution in [0.3, 0.4) is 0 Å². The number of unbranched alkanes of at least 4 members (excludes halogenated alkanes) is 9. The maximum Gasteiger partial charge on any atom is 0.306 e. The summed E-state index contributed by atoms with van der Waals surface area (Å²) in [4.78, 5) is 11.7. The van der Waals surface area contributed by atoms with Gasteiger partial charge in [0.05, 0.1) is 0 Å². The SMILES string of the molecule is CCCCCCCCCCCCC(=O)OC1[C@@H](O)C=C[C@@H]1O. The Kier molecular flexibility index (Phi) is 10.2. The third-order valence-electron chi connectivity index (χ3n) is 4.18. The number of ether oxygens (including phenoxy) is 1. The zero-order valence-corrected chi connectivity index (χ0v) is 13.9. The molecule has 22 heavy (non-hydrogen) atoms. The highest BCUT2D eigenvalue weighted by molar-refractivity contribution is 5.69. The average Bonchev–Trinajstić information content (AvgIpc) is 2.81. The summed E-state index contributed by atoms with van der Waals surface area (Å²) in [5.74, 6) is -0.327. The Balaban J connectivity index is 1.91. The molecule has 0 radical (unpaired) electrons. The fourth-order valence-electron chi connectivity index (χ4n) is 2.76. The number of carbonyl (C=O) groups is 1. The van der Waals surface area contributed by atoms with Crippen molar-refractivity contribution in [2.45, 2.75) is 95.9 Å². The lowest BCUT2D eigenvalue weighted by atomic mass is 10.1. The molecule has 128 valence electrons. The molecule has 2 atom stereocenters. The first-order valence-electron chi connectivity index (χ1n) is 8.89. The average molecular weight is 312 g/mol. The third kappa shape index (κ3) is 7.95. The number of hydrogen-bond donors (Lipinski definition) is 2. The first-order valence-corrected chi connectivity index (χ1v) is 8.89. The van der Waals surface area contributed by atoms with E-state index in [1.165, 1.54) is 57.1 Å². The number of aliphatic hydroxyl groups excluding tert-OH is 2. The monoisotopic (exact) mass is 312 g/mol. The van der Waals surface area contributed by atoms with Gasteiger partial charge in [0.1, 0.15) is 12.2 Å². The van der Waals surface area contributed by atoms with Crippen LogP contribution in [0.1, 0.15) is 77.6 Å². The Labute approximate surface area is 134 Å². The van der Waals surface area contributed by atoms with Crippen LogP contribution in [0.15, 0.2) is 12.2 Å². The maximum atomic E-state index is 11.7. The topological polar surface area (TPSA) is 66.8 Å². The molecule has 0 unspecified atom stereocenters. The Hall–Kier alpha value is -0.870. The summed E-state index contributed by atoms with van der Waals surface area (Å²) in [7, 11) is 0. The van der Waals surface area contributed by atoms with Gasteiger partial charge in [0.25, 0.3) is 0 Å². The Morgan fingerprint density at radius 1 is 0.864 bits per heavy atom. The highest BCUT2D eigenvalue weighted by atomic mass is 16.6. The smallest absolute Gasteiger partial charge is 0.306 e. The van der Waals surface area contributed by atoms with Crippen LogP contribution >= 0.6 is 0 Å². The number of esters is 1. The fourth-order valence-corrected chi connectivity index (χ4v) is 2.76. The zero-order chi connectivity index (χ0) is 16.2. The number of aliphatic hydroxyl groups is 2. The molecular weight excluding hydrogens is 280 g/mol. The first kappa shape index (κ1) is 19.2. The third-order valence-corrected chi connectivity index (χ3v) is 4.18. The second-order valence-corrected chi connectivity index (χ2v) is 6.25. The largest absolute Gasteiger partial charge is 0.456 e.